The van der Waals surface area contributed by atoms with Crippen molar-refractivity contribution in [2.45, 2.75) is 40.2 Å². The molecular formula is C24H26BrCl3N4O2. The van der Waals surface area contributed by atoms with E-state index in [1.807, 2.05) is 26.0 Å². The van der Waals surface area contributed by atoms with Gasteiger partial charge < -0.3 is 10.6 Å². The van der Waals surface area contributed by atoms with Crippen molar-refractivity contribution in [2.24, 2.45) is 5.92 Å². The molecule has 0 spiro atoms. The van der Waals surface area contributed by atoms with Crippen LogP contribution in [-0.2, 0) is 0 Å². The Bertz CT molecular complexity index is 1160. The van der Waals surface area contributed by atoms with Crippen LogP contribution in [0.4, 0.5) is 5.69 Å². The average Bonchev–Trinajstić information content (AvgIpc) is 3.15. The number of rotatable bonds is 9. The molecule has 0 saturated heterocycles. The van der Waals surface area contributed by atoms with Crippen molar-refractivity contribution in [1.29, 1.82) is 0 Å². The third kappa shape index (κ3) is 7.47. The van der Waals surface area contributed by atoms with E-state index in [9.17, 15) is 9.59 Å². The van der Waals surface area contributed by atoms with Gasteiger partial charge in [0.25, 0.3) is 11.8 Å². The van der Waals surface area contributed by atoms with Gasteiger partial charge >= 0.3 is 0 Å². The van der Waals surface area contributed by atoms with Crippen molar-refractivity contribution < 1.29 is 9.59 Å². The highest BCUT2D eigenvalue weighted by Gasteiger charge is 2.23. The average molecular weight is 589 g/mol. The number of nitrogens with zero attached hydrogens (tertiary/aromatic N) is 2. The van der Waals surface area contributed by atoms with Crippen LogP contribution in [0, 0.1) is 5.92 Å². The molecule has 34 heavy (non-hydrogen) atoms. The molecule has 0 aliphatic carbocycles. The van der Waals surface area contributed by atoms with Gasteiger partial charge in [0.2, 0.25) is 0 Å². The molecule has 2 aromatic rings. The fraction of sp³-hybridized carbons (Fsp3) is 0.292. The lowest BCUT2D eigenvalue weighted by atomic mass is 10.1. The van der Waals surface area contributed by atoms with Crippen LogP contribution < -0.4 is 10.6 Å². The van der Waals surface area contributed by atoms with Crippen molar-refractivity contribution in [1.82, 2.24) is 15.1 Å². The highest BCUT2D eigenvalue weighted by Crippen LogP contribution is 2.31. The van der Waals surface area contributed by atoms with E-state index >= 15 is 0 Å². The first-order valence-electron chi connectivity index (χ1n) is 10.5. The molecule has 10 heteroatoms. The molecule has 2 amide bonds. The smallest absolute Gasteiger partial charge is 0.274 e. The maximum atomic E-state index is 13.2. The zero-order chi connectivity index (χ0) is 25.6. The fourth-order valence-electron chi connectivity index (χ4n) is 2.78. The predicted octanol–water partition coefficient (Wildman–Crippen LogP) is 7.54. The number of amides is 2. The van der Waals surface area contributed by atoms with E-state index in [1.54, 1.807) is 6.08 Å². The number of anilines is 1. The Morgan fingerprint density at radius 1 is 1.21 bits per heavy atom. The molecule has 1 atom stereocenters. The summed E-state index contributed by atoms with van der Waals surface area (Å²) in [6.07, 6.45) is 6.56. The first-order chi connectivity index (χ1) is 15.9. The third-order valence-corrected chi connectivity index (χ3v) is 5.98. The Morgan fingerprint density at radius 2 is 1.88 bits per heavy atom. The highest BCUT2D eigenvalue weighted by atomic mass is 79.9. The largest absolute Gasteiger partial charge is 0.350 e. The SMILES string of the molecule is C=C(/C(Cl)=C\C=C/C(C)CC)n1nc(Br)cc1C(=O)Nc1c(Cl)cc(Cl)cc1C(=O)NC(C)C. The van der Waals surface area contributed by atoms with Gasteiger partial charge in [-0.05, 0) is 53.9 Å². The van der Waals surface area contributed by atoms with Gasteiger partial charge in [0.05, 0.1) is 27.0 Å². The molecule has 1 aromatic heterocycles. The monoisotopic (exact) mass is 586 g/mol. The molecule has 1 heterocycles. The molecule has 0 saturated carbocycles. The second-order valence-corrected chi connectivity index (χ2v) is 9.95. The standard InChI is InChI=1S/C24H26BrCl3N4O2/c1-6-14(4)8-7-9-18(27)15(5)32-20(12-21(25)31-32)24(34)30-22-17(23(33)29-13(2)3)10-16(26)11-19(22)28/h7-14H,5-6H2,1-4H3,(H,29,33)(H,30,34)/b8-7-,18-9+. The Labute approximate surface area is 223 Å². The normalized spacial score (nSPS) is 12.8. The molecule has 0 bridgehead atoms. The van der Waals surface area contributed by atoms with Crippen LogP contribution in [0.25, 0.3) is 5.70 Å². The van der Waals surface area contributed by atoms with E-state index in [0.29, 0.717) is 21.3 Å². The Kier molecular flexibility index (Phi) is 10.4. The van der Waals surface area contributed by atoms with Crippen LogP contribution >= 0.6 is 50.7 Å². The number of aromatic nitrogens is 2. The Morgan fingerprint density at radius 3 is 2.50 bits per heavy atom. The minimum Gasteiger partial charge on any atom is -0.350 e. The molecule has 182 valence electrons. The number of halogens is 4. The molecule has 0 aliphatic heterocycles. The first-order valence-corrected chi connectivity index (χ1v) is 12.5. The van der Waals surface area contributed by atoms with Gasteiger partial charge in [0.1, 0.15) is 10.3 Å². The van der Waals surface area contributed by atoms with E-state index in [2.05, 4.69) is 52.1 Å². The van der Waals surface area contributed by atoms with Crippen LogP contribution in [0.15, 0.2) is 52.6 Å². The minimum absolute atomic E-state index is 0.117. The molecule has 1 unspecified atom stereocenters. The number of allylic oxidation sites excluding steroid dienone is 5. The second kappa shape index (κ2) is 12.6. The fourth-order valence-corrected chi connectivity index (χ4v) is 3.85. The molecule has 2 rings (SSSR count). The van der Waals surface area contributed by atoms with Crippen molar-refractivity contribution in [3.8, 4) is 0 Å². The number of carbonyl (C=O) groups excluding carboxylic acids is 2. The van der Waals surface area contributed by atoms with Gasteiger partial charge in [-0.1, -0.05) is 73.8 Å². The van der Waals surface area contributed by atoms with Crippen LogP contribution in [0.1, 0.15) is 55.0 Å². The lowest BCUT2D eigenvalue weighted by Gasteiger charge is -2.16. The number of hydrogen-bond donors (Lipinski definition) is 2. The van der Waals surface area contributed by atoms with Crippen molar-refractivity contribution in [2.75, 3.05) is 5.32 Å². The van der Waals surface area contributed by atoms with Crippen LogP contribution in [0.2, 0.25) is 10.0 Å². The van der Waals surface area contributed by atoms with E-state index in [0.717, 1.165) is 6.42 Å². The summed E-state index contributed by atoms with van der Waals surface area (Å²) in [7, 11) is 0. The summed E-state index contributed by atoms with van der Waals surface area (Å²) in [5.41, 5.74) is 0.695. The molecule has 0 fully saturated rings. The van der Waals surface area contributed by atoms with Crippen molar-refractivity contribution >= 4 is 73.9 Å². The summed E-state index contributed by atoms with van der Waals surface area (Å²) in [6.45, 7) is 11.8. The minimum atomic E-state index is -0.568. The maximum absolute atomic E-state index is 13.2. The van der Waals surface area contributed by atoms with Gasteiger partial charge in [-0.25, -0.2) is 4.68 Å². The molecule has 1 aromatic carbocycles. The van der Waals surface area contributed by atoms with Crippen LogP contribution in [0.5, 0.6) is 0 Å². The number of benzene rings is 1. The quantitative estimate of drug-likeness (QED) is 0.297. The first kappa shape index (κ1) is 28.2. The van der Waals surface area contributed by atoms with E-state index in [-0.39, 0.29) is 33.0 Å². The van der Waals surface area contributed by atoms with Gasteiger partial charge in [-0.3, -0.25) is 9.59 Å². The highest BCUT2D eigenvalue weighted by molar-refractivity contribution is 9.10. The molecular weight excluding hydrogens is 563 g/mol. The maximum Gasteiger partial charge on any atom is 0.274 e. The molecule has 6 nitrogen and oxygen atoms in total. The van der Waals surface area contributed by atoms with Crippen molar-refractivity contribution in [3.05, 3.63) is 73.9 Å². The van der Waals surface area contributed by atoms with E-state index in [1.165, 1.54) is 22.9 Å². The lowest BCUT2D eigenvalue weighted by molar-refractivity contribution is 0.0944. The van der Waals surface area contributed by atoms with Gasteiger partial charge in [0.15, 0.2) is 0 Å². The summed E-state index contributed by atoms with van der Waals surface area (Å²) in [4.78, 5) is 25.9. The van der Waals surface area contributed by atoms with E-state index < -0.39 is 11.8 Å². The molecule has 0 radical (unpaired) electrons. The number of nitrogens with one attached hydrogen (secondary N) is 2. The van der Waals surface area contributed by atoms with Crippen molar-refractivity contribution in [3.63, 3.8) is 0 Å². The summed E-state index contributed by atoms with van der Waals surface area (Å²) < 4.78 is 1.71. The second-order valence-electron chi connectivity index (χ2n) is 7.89. The predicted molar refractivity (Wildman–Crippen MR) is 145 cm³/mol. The summed E-state index contributed by atoms with van der Waals surface area (Å²) >= 11 is 22.1. The number of carbonyl (C=O) groups is 2. The third-order valence-electron chi connectivity index (χ3n) is 4.73. The van der Waals surface area contributed by atoms with Crippen LogP contribution in [0.3, 0.4) is 0 Å². The summed E-state index contributed by atoms with van der Waals surface area (Å²) in [5, 5.41) is 10.4. The van der Waals surface area contributed by atoms with Gasteiger partial charge in [-0.15, -0.1) is 0 Å². The Hall–Kier alpha value is -2.06. The zero-order valence-corrected chi connectivity index (χ0v) is 23.1. The Balaban J connectivity index is 2.39. The topological polar surface area (TPSA) is 76.0 Å². The lowest BCUT2D eigenvalue weighted by Crippen LogP contribution is -2.31. The van der Waals surface area contributed by atoms with E-state index in [4.69, 9.17) is 34.8 Å². The number of hydrogen-bond acceptors (Lipinski definition) is 3. The molecule has 0 aliphatic rings. The summed E-state index contributed by atoms with van der Waals surface area (Å²) in [5.74, 6) is -0.588. The zero-order valence-electron chi connectivity index (χ0n) is 19.3. The molecule has 2 N–H and O–H groups in total. The van der Waals surface area contributed by atoms with Crippen LogP contribution in [-0.4, -0.2) is 27.6 Å². The summed E-state index contributed by atoms with van der Waals surface area (Å²) in [6, 6.07) is 4.27. The van der Waals surface area contributed by atoms with Gasteiger partial charge in [0, 0.05) is 17.1 Å². The van der Waals surface area contributed by atoms with Gasteiger partial charge in [-0.2, -0.15) is 5.10 Å².